The Bertz CT molecular complexity index is 562. The third-order valence-electron chi connectivity index (χ3n) is 3.74. The Hall–Kier alpha value is -1.59. The number of hydrogen-bond donors (Lipinski definition) is 2. The summed E-state index contributed by atoms with van der Waals surface area (Å²) in [6, 6.07) is 6.86. The van der Waals surface area contributed by atoms with E-state index in [1.54, 1.807) is 0 Å². The van der Waals surface area contributed by atoms with Gasteiger partial charge in [0, 0.05) is 45.0 Å². The monoisotopic (exact) mass is 259 g/mol. The largest absolute Gasteiger partial charge is 0.383 e. The maximum Gasteiger partial charge on any atom is 0.0955 e. The second-order valence-corrected chi connectivity index (χ2v) is 5.35. The van der Waals surface area contributed by atoms with Gasteiger partial charge in [0.2, 0.25) is 0 Å². The summed E-state index contributed by atoms with van der Waals surface area (Å²) in [4.78, 5) is 6.75. The predicted octanol–water partition coefficient (Wildman–Crippen LogP) is 0.889. The first kappa shape index (κ1) is 12.4. The van der Waals surface area contributed by atoms with Gasteiger partial charge >= 0.3 is 0 Å². The highest BCUT2D eigenvalue weighted by Crippen LogP contribution is 2.17. The fourth-order valence-corrected chi connectivity index (χ4v) is 2.62. The predicted molar refractivity (Wildman–Crippen MR) is 78.5 cm³/mol. The minimum Gasteiger partial charge on any atom is -0.383 e. The van der Waals surface area contributed by atoms with Gasteiger partial charge < -0.3 is 20.1 Å². The van der Waals surface area contributed by atoms with Crippen molar-refractivity contribution in [2.75, 3.05) is 38.5 Å². The average Bonchev–Trinajstić information content (AvgIpc) is 2.78. The number of aromatic nitrogens is 2. The molecule has 5 nitrogen and oxygen atoms in total. The summed E-state index contributed by atoms with van der Waals surface area (Å²) < 4.78 is 2.04. The number of anilines is 1. The smallest absolute Gasteiger partial charge is 0.0955 e. The van der Waals surface area contributed by atoms with Crippen molar-refractivity contribution in [1.82, 2.24) is 19.8 Å². The van der Waals surface area contributed by atoms with Crippen molar-refractivity contribution in [2.24, 2.45) is 7.05 Å². The zero-order valence-corrected chi connectivity index (χ0v) is 11.6. The van der Waals surface area contributed by atoms with Crippen LogP contribution in [0.2, 0.25) is 0 Å². The molecule has 0 bridgehead atoms. The van der Waals surface area contributed by atoms with E-state index in [1.807, 2.05) is 17.9 Å². The Kier molecular flexibility index (Phi) is 3.40. The minimum absolute atomic E-state index is 0.512. The molecular weight excluding hydrogens is 238 g/mol. The van der Waals surface area contributed by atoms with E-state index in [4.69, 9.17) is 0 Å². The number of nitrogens with one attached hydrogen (secondary N) is 2. The molecule has 1 aromatic carbocycles. The molecule has 2 aromatic rings. The lowest BCUT2D eigenvalue weighted by atomic mass is 10.2. The lowest BCUT2D eigenvalue weighted by Gasteiger charge is -2.31. The van der Waals surface area contributed by atoms with E-state index >= 15 is 0 Å². The molecule has 2 N–H and O–H groups in total. The Labute approximate surface area is 113 Å². The van der Waals surface area contributed by atoms with E-state index in [1.165, 1.54) is 5.52 Å². The maximum atomic E-state index is 4.38. The van der Waals surface area contributed by atoms with Gasteiger partial charge in [-0.05, 0) is 25.2 Å². The highest BCUT2D eigenvalue weighted by Gasteiger charge is 2.15. The summed E-state index contributed by atoms with van der Waals surface area (Å²) in [5.41, 5.74) is 3.35. The summed E-state index contributed by atoms with van der Waals surface area (Å²) >= 11 is 0. The van der Waals surface area contributed by atoms with Gasteiger partial charge in [-0.15, -0.1) is 0 Å². The van der Waals surface area contributed by atoms with Crippen LogP contribution in [0, 0.1) is 0 Å². The summed E-state index contributed by atoms with van der Waals surface area (Å²) in [6.45, 7) is 4.25. The quantitative estimate of drug-likeness (QED) is 0.859. The van der Waals surface area contributed by atoms with Crippen LogP contribution >= 0.6 is 0 Å². The van der Waals surface area contributed by atoms with Crippen molar-refractivity contribution in [3.63, 3.8) is 0 Å². The van der Waals surface area contributed by atoms with Gasteiger partial charge in [0.25, 0.3) is 0 Å². The van der Waals surface area contributed by atoms with Crippen molar-refractivity contribution < 1.29 is 0 Å². The van der Waals surface area contributed by atoms with Gasteiger partial charge in [0.15, 0.2) is 0 Å². The first-order chi connectivity index (χ1) is 9.22. The Morgan fingerprint density at radius 1 is 1.42 bits per heavy atom. The molecule has 1 fully saturated rings. The van der Waals surface area contributed by atoms with Crippen LogP contribution in [0.25, 0.3) is 11.0 Å². The number of rotatable bonds is 3. The van der Waals surface area contributed by atoms with Gasteiger partial charge in [-0.25, -0.2) is 4.98 Å². The van der Waals surface area contributed by atoms with Crippen LogP contribution in [0.5, 0.6) is 0 Å². The Balaban J connectivity index is 1.64. The van der Waals surface area contributed by atoms with Crippen LogP contribution in [-0.2, 0) is 7.05 Å². The number of hydrogen-bond acceptors (Lipinski definition) is 4. The number of likely N-dealkylation sites (N-methyl/N-ethyl adjacent to an activating group) is 1. The molecule has 0 amide bonds. The first-order valence-corrected chi connectivity index (χ1v) is 6.79. The summed E-state index contributed by atoms with van der Waals surface area (Å²) in [5.74, 6) is 0. The number of imidazole rings is 1. The lowest BCUT2D eigenvalue weighted by molar-refractivity contribution is 0.244. The van der Waals surface area contributed by atoms with Crippen molar-refractivity contribution in [3.05, 3.63) is 24.5 Å². The van der Waals surface area contributed by atoms with E-state index < -0.39 is 0 Å². The molecule has 1 unspecified atom stereocenters. The highest BCUT2D eigenvalue weighted by molar-refractivity contribution is 5.79. The summed E-state index contributed by atoms with van der Waals surface area (Å²) in [6.07, 6.45) is 1.85. The standard InChI is InChI=1S/C14H21N5/c1-18-6-5-15-12(9-18)8-16-11-3-4-14-13(7-11)17-10-19(14)2/h3-4,7,10,12,15-16H,5-6,8-9H2,1-2H3. The fraction of sp³-hybridized carbons (Fsp3) is 0.500. The number of piperazine rings is 1. The molecule has 3 rings (SSSR count). The fourth-order valence-electron chi connectivity index (χ4n) is 2.62. The SMILES string of the molecule is CN1CCNC(CNc2ccc3c(c2)ncn3C)C1. The third kappa shape index (κ3) is 2.72. The van der Waals surface area contributed by atoms with Crippen molar-refractivity contribution >= 4 is 16.7 Å². The van der Waals surface area contributed by atoms with Crippen LogP contribution < -0.4 is 10.6 Å². The molecular formula is C14H21N5. The zero-order chi connectivity index (χ0) is 13.2. The molecule has 1 aliphatic heterocycles. The van der Waals surface area contributed by atoms with Crippen LogP contribution in [0.15, 0.2) is 24.5 Å². The molecule has 1 atom stereocenters. The zero-order valence-electron chi connectivity index (χ0n) is 11.6. The molecule has 0 spiro atoms. The average molecular weight is 259 g/mol. The van der Waals surface area contributed by atoms with Gasteiger partial charge in [-0.1, -0.05) is 0 Å². The maximum absolute atomic E-state index is 4.38. The van der Waals surface area contributed by atoms with Gasteiger partial charge in [0.1, 0.15) is 0 Å². The number of fused-ring (bicyclic) bond motifs is 1. The molecule has 0 radical (unpaired) electrons. The molecule has 1 saturated heterocycles. The van der Waals surface area contributed by atoms with E-state index in [2.05, 4.69) is 45.8 Å². The normalized spacial score (nSPS) is 20.8. The van der Waals surface area contributed by atoms with Crippen molar-refractivity contribution in [1.29, 1.82) is 0 Å². The second-order valence-electron chi connectivity index (χ2n) is 5.35. The number of benzene rings is 1. The van der Waals surface area contributed by atoms with Gasteiger partial charge in [0.05, 0.1) is 17.4 Å². The lowest BCUT2D eigenvalue weighted by Crippen LogP contribution is -2.51. The van der Waals surface area contributed by atoms with Crippen LogP contribution in [0.3, 0.4) is 0 Å². The van der Waals surface area contributed by atoms with Crippen molar-refractivity contribution in [2.45, 2.75) is 6.04 Å². The summed E-state index contributed by atoms with van der Waals surface area (Å²) in [5, 5.41) is 7.04. The molecule has 0 aliphatic carbocycles. The molecule has 1 aromatic heterocycles. The van der Waals surface area contributed by atoms with Crippen molar-refractivity contribution in [3.8, 4) is 0 Å². The van der Waals surface area contributed by atoms with E-state index in [9.17, 15) is 0 Å². The Morgan fingerprint density at radius 2 is 2.32 bits per heavy atom. The molecule has 1 aliphatic rings. The molecule has 0 saturated carbocycles. The van der Waals surface area contributed by atoms with E-state index in [0.717, 1.165) is 37.4 Å². The molecule has 2 heterocycles. The first-order valence-electron chi connectivity index (χ1n) is 6.79. The van der Waals surface area contributed by atoms with Gasteiger partial charge in [-0.2, -0.15) is 0 Å². The number of aryl methyl sites for hydroxylation is 1. The summed E-state index contributed by atoms with van der Waals surface area (Å²) in [7, 11) is 4.19. The molecule has 19 heavy (non-hydrogen) atoms. The Morgan fingerprint density at radius 3 is 3.16 bits per heavy atom. The van der Waals surface area contributed by atoms with Crippen LogP contribution in [0.4, 0.5) is 5.69 Å². The topological polar surface area (TPSA) is 45.1 Å². The molecule has 102 valence electrons. The highest BCUT2D eigenvalue weighted by atomic mass is 15.2. The molecule has 5 heteroatoms. The van der Waals surface area contributed by atoms with Crippen LogP contribution in [-0.4, -0.2) is 53.7 Å². The van der Waals surface area contributed by atoms with Crippen LogP contribution in [0.1, 0.15) is 0 Å². The minimum atomic E-state index is 0.512. The van der Waals surface area contributed by atoms with E-state index in [-0.39, 0.29) is 0 Å². The van der Waals surface area contributed by atoms with E-state index in [0.29, 0.717) is 6.04 Å². The second kappa shape index (κ2) is 5.19. The number of nitrogens with zero attached hydrogens (tertiary/aromatic N) is 3. The van der Waals surface area contributed by atoms with Gasteiger partial charge in [-0.3, -0.25) is 0 Å². The third-order valence-corrected chi connectivity index (χ3v) is 3.74.